The van der Waals surface area contributed by atoms with Crippen molar-refractivity contribution in [2.24, 2.45) is 11.3 Å². The summed E-state index contributed by atoms with van der Waals surface area (Å²) in [7, 11) is 3.38. The quantitative estimate of drug-likeness (QED) is 0.800. The lowest BCUT2D eigenvalue weighted by Gasteiger charge is -2.41. The molecule has 0 spiro atoms. The van der Waals surface area contributed by atoms with Crippen LogP contribution in [0.15, 0.2) is 24.3 Å². The standard InChI is InChI=1S/C16H22N2O2/c1-16(2,3)14-12(15(20)18(4)5)13(19)10-8-6-7-9-11(10)17-14/h6-9,12,14,17H,1-5H3/t12-,14-/m1/s1. The molecular formula is C16H22N2O2. The van der Waals surface area contributed by atoms with E-state index in [1.165, 1.54) is 4.90 Å². The van der Waals surface area contributed by atoms with Crippen molar-refractivity contribution in [3.8, 4) is 0 Å². The van der Waals surface area contributed by atoms with Crippen LogP contribution in [-0.2, 0) is 4.79 Å². The first-order valence-corrected chi connectivity index (χ1v) is 6.84. The second-order valence-electron chi connectivity index (χ2n) is 6.61. The highest BCUT2D eigenvalue weighted by Gasteiger charge is 2.45. The molecule has 1 amide bonds. The van der Waals surface area contributed by atoms with Gasteiger partial charge in [0.1, 0.15) is 5.92 Å². The zero-order valence-corrected chi connectivity index (χ0v) is 12.7. The van der Waals surface area contributed by atoms with E-state index in [-0.39, 0.29) is 23.1 Å². The monoisotopic (exact) mass is 274 g/mol. The van der Waals surface area contributed by atoms with Crippen molar-refractivity contribution in [1.82, 2.24) is 4.90 Å². The largest absolute Gasteiger partial charge is 0.380 e. The Kier molecular flexibility index (Phi) is 3.59. The first kappa shape index (κ1) is 14.6. The Balaban J connectivity index is 2.52. The number of benzene rings is 1. The minimum absolute atomic E-state index is 0.0852. The van der Waals surface area contributed by atoms with E-state index in [0.717, 1.165) is 5.69 Å². The zero-order valence-electron chi connectivity index (χ0n) is 12.7. The minimum atomic E-state index is -0.667. The molecule has 0 saturated heterocycles. The predicted octanol–water partition coefficient (Wildman–Crippen LogP) is 2.41. The lowest BCUT2D eigenvalue weighted by Crippen LogP contribution is -2.53. The number of carbonyl (C=O) groups is 2. The maximum Gasteiger partial charge on any atom is 0.235 e. The van der Waals surface area contributed by atoms with Crippen molar-refractivity contribution in [3.05, 3.63) is 29.8 Å². The Morgan fingerprint density at radius 1 is 1.20 bits per heavy atom. The number of Topliss-reactive ketones (excluding diaryl/α,β-unsaturated/α-hetero) is 1. The van der Waals surface area contributed by atoms with E-state index in [4.69, 9.17) is 0 Å². The number of para-hydroxylation sites is 1. The van der Waals surface area contributed by atoms with Gasteiger partial charge < -0.3 is 10.2 Å². The van der Waals surface area contributed by atoms with Crippen molar-refractivity contribution in [3.63, 3.8) is 0 Å². The van der Waals surface area contributed by atoms with Gasteiger partial charge in [0.15, 0.2) is 5.78 Å². The van der Waals surface area contributed by atoms with Gasteiger partial charge in [0.05, 0.1) is 0 Å². The number of fused-ring (bicyclic) bond motifs is 1. The van der Waals surface area contributed by atoms with Crippen LogP contribution < -0.4 is 5.32 Å². The molecule has 1 aromatic rings. The summed E-state index contributed by atoms with van der Waals surface area (Å²) in [5, 5.41) is 3.38. The van der Waals surface area contributed by atoms with Crippen molar-refractivity contribution >= 4 is 17.4 Å². The summed E-state index contributed by atoms with van der Waals surface area (Å²) >= 11 is 0. The van der Waals surface area contributed by atoms with Crippen LogP contribution in [0, 0.1) is 11.3 Å². The van der Waals surface area contributed by atoms with Crippen molar-refractivity contribution in [2.75, 3.05) is 19.4 Å². The summed E-state index contributed by atoms with van der Waals surface area (Å²) < 4.78 is 0. The van der Waals surface area contributed by atoms with Crippen LogP contribution in [0.4, 0.5) is 5.69 Å². The van der Waals surface area contributed by atoms with E-state index < -0.39 is 5.92 Å². The molecule has 0 aromatic heterocycles. The highest BCUT2D eigenvalue weighted by Crippen LogP contribution is 2.37. The molecule has 1 N–H and O–H groups in total. The summed E-state index contributed by atoms with van der Waals surface area (Å²) in [6.07, 6.45) is 0. The minimum Gasteiger partial charge on any atom is -0.380 e. The molecule has 0 bridgehead atoms. The van der Waals surface area contributed by atoms with Crippen molar-refractivity contribution in [1.29, 1.82) is 0 Å². The second-order valence-corrected chi connectivity index (χ2v) is 6.61. The number of ketones is 1. The molecular weight excluding hydrogens is 252 g/mol. The number of amides is 1. The van der Waals surface area contributed by atoms with Gasteiger partial charge in [0.2, 0.25) is 5.91 Å². The van der Waals surface area contributed by atoms with Gasteiger partial charge in [-0.25, -0.2) is 0 Å². The maximum atomic E-state index is 12.7. The molecule has 0 radical (unpaired) electrons. The average molecular weight is 274 g/mol. The maximum absolute atomic E-state index is 12.7. The van der Waals surface area contributed by atoms with Gasteiger partial charge >= 0.3 is 0 Å². The number of rotatable bonds is 1. The molecule has 0 unspecified atom stereocenters. The van der Waals surface area contributed by atoms with Gasteiger partial charge in [-0.3, -0.25) is 9.59 Å². The summed E-state index contributed by atoms with van der Waals surface area (Å²) in [6.45, 7) is 6.13. The third-order valence-corrected chi connectivity index (χ3v) is 3.76. The lowest BCUT2D eigenvalue weighted by atomic mass is 9.73. The smallest absolute Gasteiger partial charge is 0.235 e. The molecule has 1 aliphatic heterocycles. The molecule has 2 atom stereocenters. The van der Waals surface area contributed by atoms with Crippen LogP contribution in [-0.4, -0.2) is 36.7 Å². The first-order chi connectivity index (χ1) is 9.23. The number of carbonyl (C=O) groups excluding carboxylic acids is 2. The van der Waals surface area contributed by atoms with Crippen LogP contribution in [0.3, 0.4) is 0 Å². The third-order valence-electron chi connectivity index (χ3n) is 3.76. The number of nitrogens with zero attached hydrogens (tertiary/aromatic N) is 1. The normalized spacial score (nSPS) is 21.9. The van der Waals surface area contributed by atoms with E-state index in [0.29, 0.717) is 5.56 Å². The first-order valence-electron chi connectivity index (χ1n) is 6.84. The second kappa shape index (κ2) is 4.93. The van der Waals surface area contributed by atoms with Crippen molar-refractivity contribution in [2.45, 2.75) is 26.8 Å². The SMILES string of the molecule is CN(C)C(=O)[C@@H]1C(=O)c2ccccc2N[C@H]1C(C)(C)C. The summed E-state index contributed by atoms with van der Waals surface area (Å²) in [6, 6.07) is 7.18. The molecule has 2 rings (SSSR count). The van der Waals surface area contributed by atoms with Gasteiger partial charge in [0, 0.05) is 31.4 Å². The van der Waals surface area contributed by atoms with Gasteiger partial charge in [0.25, 0.3) is 0 Å². The fourth-order valence-corrected chi connectivity index (χ4v) is 2.64. The molecule has 4 heteroatoms. The molecule has 0 aliphatic carbocycles. The zero-order chi connectivity index (χ0) is 15.1. The van der Waals surface area contributed by atoms with Gasteiger partial charge in [-0.15, -0.1) is 0 Å². The van der Waals surface area contributed by atoms with E-state index >= 15 is 0 Å². The summed E-state index contributed by atoms with van der Waals surface area (Å²) in [5.41, 5.74) is 1.23. The Bertz CT molecular complexity index is 544. The molecule has 4 nitrogen and oxygen atoms in total. The number of hydrogen-bond donors (Lipinski definition) is 1. The van der Waals surface area contributed by atoms with Gasteiger partial charge in [-0.1, -0.05) is 32.9 Å². The highest BCUT2D eigenvalue weighted by molar-refractivity contribution is 6.15. The number of hydrogen-bond acceptors (Lipinski definition) is 3. The van der Waals surface area contributed by atoms with Crippen LogP contribution in [0.2, 0.25) is 0 Å². The van der Waals surface area contributed by atoms with Gasteiger partial charge in [-0.05, 0) is 17.5 Å². The number of nitrogens with one attached hydrogen (secondary N) is 1. The Morgan fingerprint density at radius 3 is 2.35 bits per heavy atom. The van der Waals surface area contributed by atoms with Gasteiger partial charge in [-0.2, -0.15) is 0 Å². The predicted molar refractivity (Wildman–Crippen MR) is 79.8 cm³/mol. The fourth-order valence-electron chi connectivity index (χ4n) is 2.64. The Labute approximate surface area is 120 Å². The number of anilines is 1. The molecule has 20 heavy (non-hydrogen) atoms. The average Bonchev–Trinajstić information content (AvgIpc) is 2.36. The molecule has 108 valence electrons. The van der Waals surface area contributed by atoms with E-state index in [1.54, 1.807) is 20.2 Å². The van der Waals surface area contributed by atoms with Crippen LogP contribution in [0.5, 0.6) is 0 Å². The Morgan fingerprint density at radius 2 is 1.80 bits per heavy atom. The highest BCUT2D eigenvalue weighted by atomic mass is 16.2. The van der Waals surface area contributed by atoms with Crippen LogP contribution in [0.25, 0.3) is 0 Å². The molecule has 1 aromatic carbocycles. The molecule has 1 aliphatic rings. The van der Waals surface area contributed by atoms with Crippen LogP contribution in [0.1, 0.15) is 31.1 Å². The molecule has 1 heterocycles. The topological polar surface area (TPSA) is 49.4 Å². The van der Waals surface area contributed by atoms with E-state index in [9.17, 15) is 9.59 Å². The third kappa shape index (κ3) is 2.42. The Hall–Kier alpha value is -1.84. The molecule has 0 saturated carbocycles. The molecule has 0 fully saturated rings. The van der Waals surface area contributed by atoms with E-state index in [1.807, 2.05) is 39.0 Å². The van der Waals surface area contributed by atoms with Crippen LogP contribution >= 0.6 is 0 Å². The summed E-state index contributed by atoms with van der Waals surface area (Å²) in [5.74, 6) is -0.894. The fraction of sp³-hybridized carbons (Fsp3) is 0.500. The van der Waals surface area contributed by atoms with E-state index in [2.05, 4.69) is 5.32 Å². The summed E-state index contributed by atoms with van der Waals surface area (Å²) in [4.78, 5) is 26.7. The lowest BCUT2D eigenvalue weighted by molar-refractivity contribution is -0.132. The van der Waals surface area contributed by atoms with Crippen molar-refractivity contribution < 1.29 is 9.59 Å².